The molecule has 0 spiro atoms. The molecule has 0 bridgehead atoms. The number of carbonyl (C=O) groups is 2. The molecule has 0 unspecified atom stereocenters. The van der Waals surface area contributed by atoms with Crippen LogP contribution in [0.4, 0.5) is 0 Å². The van der Waals surface area contributed by atoms with Crippen LogP contribution in [0.3, 0.4) is 0 Å². The van der Waals surface area contributed by atoms with Gasteiger partial charge in [0.05, 0.1) is 26.7 Å². The van der Waals surface area contributed by atoms with Gasteiger partial charge in [0.25, 0.3) is 0 Å². The number of rotatable bonds is 15. The standard InChI is InChI=1S/C29H40ClN3O9S2/c1-6-29(15-20-10-8-7-9-11-20,33-26(35)25(32-24(34)16-30)27(2,3)43(5,37)38)31-17-28(4,36)18-44(39,40)21-12-13-22-23(14-21)42-19-41-22/h7-14,25,31,36H,6,15-19H2,1-5H3,(H,32,34)(H,33,35)/t25-,28+,29-/m0/s1. The Morgan fingerprint density at radius 1 is 1.02 bits per heavy atom. The topological polar surface area (TPSA) is 177 Å². The summed E-state index contributed by atoms with van der Waals surface area (Å²) < 4.78 is 60.7. The van der Waals surface area contributed by atoms with Crippen molar-refractivity contribution in [1.29, 1.82) is 0 Å². The summed E-state index contributed by atoms with van der Waals surface area (Å²) in [6.45, 7) is 5.46. The fraction of sp³-hybridized carbons (Fsp3) is 0.517. The average molecular weight is 674 g/mol. The number of hydrogen-bond acceptors (Lipinski definition) is 10. The molecule has 12 nitrogen and oxygen atoms in total. The number of sulfone groups is 2. The number of benzene rings is 2. The molecule has 244 valence electrons. The van der Waals surface area contributed by atoms with Gasteiger partial charge >= 0.3 is 0 Å². The van der Waals surface area contributed by atoms with Crippen LogP contribution < -0.4 is 25.4 Å². The highest BCUT2D eigenvalue weighted by atomic mass is 35.5. The van der Waals surface area contributed by atoms with E-state index in [0.717, 1.165) is 11.8 Å². The van der Waals surface area contributed by atoms with Crippen LogP contribution in [0.15, 0.2) is 53.4 Å². The van der Waals surface area contributed by atoms with E-state index in [1.807, 2.05) is 30.3 Å². The van der Waals surface area contributed by atoms with Crippen molar-refractivity contribution in [1.82, 2.24) is 16.0 Å². The number of ether oxygens (including phenoxy) is 2. The van der Waals surface area contributed by atoms with Crippen LogP contribution >= 0.6 is 11.6 Å². The molecule has 44 heavy (non-hydrogen) atoms. The SMILES string of the molecule is CC[C@](Cc1ccccc1)(NC[C@@](C)(O)CS(=O)(=O)c1ccc2c(c1)OCO2)NC(=O)[C@H](NC(=O)CCl)C(C)(C)S(C)(=O)=O. The summed E-state index contributed by atoms with van der Waals surface area (Å²) in [5.41, 5.74) is -2.34. The minimum Gasteiger partial charge on any atom is -0.454 e. The lowest BCUT2D eigenvalue weighted by molar-refractivity contribution is -0.130. The highest BCUT2D eigenvalue weighted by Crippen LogP contribution is 2.34. The van der Waals surface area contributed by atoms with Crippen molar-refractivity contribution in [3.8, 4) is 11.5 Å². The fourth-order valence-electron chi connectivity index (χ4n) is 4.68. The number of aliphatic hydroxyl groups is 1. The third-order valence-corrected chi connectivity index (χ3v) is 12.0. The van der Waals surface area contributed by atoms with Crippen LogP contribution in [0.1, 0.15) is 39.7 Å². The van der Waals surface area contributed by atoms with Crippen LogP contribution in [-0.2, 0) is 35.7 Å². The van der Waals surface area contributed by atoms with Gasteiger partial charge in [-0.05, 0) is 44.9 Å². The van der Waals surface area contributed by atoms with Crippen LogP contribution in [0.5, 0.6) is 11.5 Å². The third kappa shape index (κ3) is 8.62. The monoisotopic (exact) mass is 673 g/mol. The van der Waals surface area contributed by atoms with Crippen molar-refractivity contribution in [2.24, 2.45) is 0 Å². The summed E-state index contributed by atoms with van der Waals surface area (Å²) in [4.78, 5) is 26.0. The number of fused-ring (bicyclic) bond motifs is 1. The van der Waals surface area contributed by atoms with E-state index < -0.39 is 65.2 Å². The van der Waals surface area contributed by atoms with Gasteiger partial charge < -0.3 is 25.2 Å². The summed E-state index contributed by atoms with van der Waals surface area (Å²) in [7, 11) is -7.87. The van der Waals surface area contributed by atoms with Crippen LogP contribution in [0.2, 0.25) is 0 Å². The number of carbonyl (C=O) groups excluding carboxylic acids is 2. The molecule has 4 N–H and O–H groups in total. The summed E-state index contributed by atoms with van der Waals surface area (Å²) in [6.07, 6.45) is 1.37. The number of amides is 2. The summed E-state index contributed by atoms with van der Waals surface area (Å²) in [6, 6.07) is 11.8. The first-order valence-corrected chi connectivity index (χ1v) is 17.9. The van der Waals surface area contributed by atoms with Crippen molar-refractivity contribution < 1.29 is 41.0 Å². The Hall–Kier alpha value is -2.91. The third-order valence-electron chi connectivity index (χ3n) is 7.67. The van der Waals surface area contributed by atoms with Gasteiger partial charge in [-0.2, -0.15) is 0 Å². The number of alkyl halides is 1. The molecule has 3 rings (SSSR count). The van der Waals surface area contributed by atoms with Gasteiger partial charge in [-0.15, -0.1) is 11.6 Å². The van der Waals surface area contributed by atoms with Gasteiger partial charge in [0.1, 0.15) is 11.9 Å². The Labute approximate surface area is 263 Å². The molecule has 3 atom stereocenters. The van der Waals surface area contributed by atoms with Gasteiger partial charge in [0.2, 0.25) is 18.6 Å². The second-order valence-corrected chi connectivity index (χ2v) is 16.6. The smallest absolute Gasteiger partial charge is 0.245 e. The second kappa shape index (κ2) is 13.6. The summed E-state index contributed by atoms with van der Waals surface area (Å²) in [5.74, 6) is -2.00. The van der Waals surface area contributed by atoms with E-state index in [9.17, 15) is 31.5 Å². The quantitative estimate of drug-likeness (QED) is 0.160. The highest BCUT2D eigenvalue weighted by molar-refractivity contribution is 7.92. The van der Waals surface area contributed by atoms with E-state index >= 15 is 0 Å². The summed E-state index contributed by atoms with van der Waals surface area (Å²) in [5, 5.41) is 19.7. The molecule has 0 aromatic heterocycles. The maximum atomic E-state index is 13.8. The Balaban J connectivity index is 1.91. The van der Waals surface area contributed by atoms with Gasteiger partial charge in [-0.3, -0.25) is 14.9 Å². The van der Waals surface area contributed by atoms with Gasteiger partial charge in [-0.25, -0.2) is 16.8 Å². The van der Waals surface area contributed by atoms with Crippen LogP contribution in [0, 0.1) is 0 Å². The maximum Gasteiger partial charge on any atom is 0.245 e. The molecule has 2 aromatic carbocycles. The van der Waals surface area contributed by atoms with Crippen LogP contribution in [-0.4, -0.2) is 87.0 Å². The molecule has 0 saturated carbocycles. The molecule has 0 fully saturated rings. The van der Waals surface area contributed by atoms with E-state index in [-0.39, 0.29) is 36.8 Å². The fourth-order valence-corrected chi connectivity index (χ4v) is 7.00. The molecular formula is C29H40ClN3O9S2. The van der Waals surface area contributed by atoms with Crippen molar-refractivity contribution in [2.75, 3.05) is 31.2 Å². The maximum absolute atomic E-state index is 13.8. The molecule has 0 aliphatic carbocycles. The largest absolute Gasteiger partial charge is 0.454 e. The van der Waals surface area contributed by atoms with E-state index in [4.69, 9.17) is 21.1 Å². The van der Waals surface area contributed by atoms with Crippen molar-refractivity contribution >= 4 is 43.1 Å². The summed E-state index contributed by atoms with van der Waals surface area (Å²) >= 11 is 5.66. The van der Waals surface area contributed by atoms with E-state index in [0.29, 0.717) is 5.75 Å². The Morgan fingerprint density at radius 3 is 2.25 bits per heavy atom. The van der Waals surface area contributed by atoms with Gasteiger partial charge in [0, 0.05) is 25.3 Å². The van der Waals surface area contributed by atoms with E-state index in [1.54, 1.807) is 6.92 Å². The van der Waals surface area contributed by atoms with Crippen molar-refractivity contribution in [3.63, 3.8) is 0 Å². The first-order chi connectivity index (χ1) is 20.3. The Morgan fingerprint density at radius 2 is 1.66 bits per heavy atom. The predicted octanol–water partition coefficient (Wildman–Crippen LogP) is 1.54. The average Bonchev–Trinajstić information content (AvgIpc) is 3.42. The molecule has 0 radical (unpaired) electrons. The Bertz CT molecular complexity index is 1570. The zero-order valence-corrected chi connectivity index (χ0v) is 27.7. The number of hydrogen-bond donors (Lipinski definition) is 4. The molecule has 1 heterocycles. The molecular weight excluding hydrogens is 634 g/mol. The highest BCUT2D eigenvalue weighted by Gasteiger charge is 2.46. The lowest BCUT2D eigenvalue weighted by Gasteiger charge is -2.41. The first-order valence-electron chi connectivity index (χ1n) is 13.9. The Kier molecular flexibility index (Phi) is 11.0. The zero-order valence-electron chi connectivity index (χ0n) is 25.3. The second-order valence-electron chi connectivity index (χ2n) is 11.7. The molecule has 2 aromatic rings. The minimum absolute atomic E-state index is 0.0233. The lowest BCUT2D eigenvalue weighted by atomic mass is 9.93. The van der Waals surface area contributed by atoms with E-state index in [2.05, 4.69) is 16.0 Å². The first kappa shape index (κ1) is 35.6. The molecule has 15 heteroatoms. The number of halogens is 1. The normalized spacial score (nSPS) is 16.8. The van der Waals surface area contributed by atoms with Crippen LogP contribution in [0.25, 0.3) is 0 Å². The van der Waals surface area contributed by atoms with Gasteiger partial charge in [-0.1, -0.05) is 37.3 Å². The lowest BCUT2D eigenvalue weighted by Crippen LogP contribution is -2.68. The molecule has 2 amide bonds. The molecule has 0 saturated heterocycles. The van der Waals surface area contributed by atoms with Gasteiger partial charge in [0.15, 0.2) is 31.2 Å². The minimum atomic E-state index is -4.00. The predicted molar refractivity (Wildman–Crippen MR) is 166 cm³/mol. The van der Waals surface area contributed by atoms with Crippen molar-refractivity contribution in [3.05, 3.63) is 54.1 Å². The zero-order chi connectivity index (χ0) is 33.0. The number of nitrogens with one attached hydrogen (secondary N) is 3. The van der Waals surface area contributed by atoms with E-state index in [1.165, 1.54) is 39.0 Å². The molecule has 1 aliphatic heterocycles. The molecule has 1 aliphatic rings. The van der Waals surface area contributed by atoms with Crippen molar-refractivity contribution in [2.45, 2.75) is 67.5 Å².